The quantitative estimate of drug-likeness (QED) is 0.793. The Labute approximate surface area is 95.9 Å². The maximum Gasteiger partial charge on any atom is 0.0533 e. The van der Waals surface area contributed by atoms with Crippen molar-refractivity contribution in [2.45, 2.75) is 30.6 Å². The van der Waals surface area contributed by atoms with E-state index >= 15 is 0 Å². The molecule has 1 atom stereocenters. The van der Waals surface area contributed by atoms with E-state index in [9.17, 15) is 5.11 Å². The highest BCUT2D eigenvalue weighted by molar-refractivity contribution is 7.98. The molecule has 1 aromatic rings. The Morgan fingerprint density at radius 3 is 2.40 bits per heavy atom. The minimum absolute atomic E-state index is 0.00655. The average Bonchev–Trinajstić information content (AvgIpc) is 2.82. The molecule has 0 heterocycles. The highest BCUT2D eigenvalue weighted by Crippen LogP contribution is 2.65. The van der Waals surface area contributed by atoms with Crippen molar-refractivity contribution in [3.63, 3.8) is 0 Å². The van der Waals surface area contributed by atoms with Gasteiger partial charge in [-0.3, -0.25) is 0 Å². The van der Waals surface area contributed by atoms with Crippen LogP contribution in [-0.4, -0.2) is 18.0 Å². The summed E-state index contributed by atoms with van der Waals surface area (Å²) >= 11 is 1.77. The number of aliphatic hydroxyl groups excluding tert-OH is 1. The van der Waals surface area contributed by atoms with E-state index in [1.807, 2.05) is 0 Å². The van der Waals surface area contributed by atoms with Crippen LogP contribution in [0.1, 0.15) is 25.8 Å². The third-order valence-corrected chi connectivity index (χ3v) is 4.60. The average molecular weight is 222 g/mol. The molecule has 1 unspecified atom stereocenters. The van der Waals surface area contributed by atoms with Gasteiger partial charge in [0.05, 0.1) is 6.61 Å². The van der Waals surface area contributed by atoms with Crippen LogP contribution in [0, 0.1) is 5.41 Å². The van der Waals surface area contributed by atoms with Gasteiger partial charge in [0.2, 0.25) is 0 Å². The molecular weight excluding hydrogens is 204 g/mol. The van der Waals surface area contributed by atoms with Crippen LogP contribution in [0.3, 0.4) is 0 Å². The van der Waals surface area contributed by atoms with E-state index in [-0.39, 0.29) is 17.4 Å². The zero-order chi connectivity index (χ0) is 11.1. The van der Waals surface area contributed by atoms with Crippen molar-refractivity contribution in [3.05, 3.63) is 29.8 Å². The van der Waals surface area contributed by atoms with Gasteiger partial charge in [-0.25, -0.2) is 0 Å². The lowest BCUT2D eigenvalue weighted by molar-refractivity contribution is 0.230. The Morgan fingerprint density at radius 2 is 1.93 bits per heavy atom. The molecule has 0 bridgehead atoms. The first kappa shape index (κ1) is 11.0. The molecule has 1 saturated carbocycles. The van der Waals surface area contributed by atoms with Crippen LogP contribution in [0.4, 0.5) is 0 Å². The summed E-state index contributed by atoms with van der Waals surface area (Å²) in [7, 11) is 0. The predicted octanol–water partition coefficient (Wildman–Crippen LogP) is 3.07. The standard InChI is InChI=1S/C13H18OS/c1-12(2)8-13(12,9-14)10-6-4-5-7-11(10)15-3/h4-7,14H,8-9H2,1-3H3. The molecule has 0 spiro atoms. The third kappa shape index (κ3) is 1.51. The summed E-state index contributed by atoms with van der Waals surface area (Å²) in [5.74, 6) is 0. The van der Waals surface area contributed by atoms with Crippen molar-refractivity contribution in [1.82, 2.24) is 0 Å². The van der Waals surface area contributed by atoms with E-state index in [0.29, 0.717) is 0 Å². The number of rotatable bonds is 3. The first-order valence-electron chi connectivity index (χ1n) is 5.32. The van der Waals surface area contributed by atoms with E-state index in [1.165, 1.54) is 10.5 Å². The lowest BCUT2D eigenvalue weighted by Crippen LogP contribution is -2.20. The van der Waals surface area contributed by atoms with Crippen molar-refractivity contribution >= 4 is 11.8 Å². The van der Waals surface area contributed by atoms with Crippen molar-refractivity contribution in [3.8, 4) is 0 Å². The maximum atomic E-state index is 9.66. The third-order valence-electron chi connectivity index (χ3n) is 3.81. The fraction of sp³-hybridized carbons (Fsp3) is 0.538. The van der Waals surface area contributed by atoms with E-state index in [4.69, 9.17) is 0 Å². The second-order valence-electron chi connectivity index (χ2n) is 5.00. The Balaban J connectivity index is 2.46. The zero-order valence-corrected chi connectivity index (χ0v) is 10.4. The summed E-state index contributed by atoms with van der Waals surface area (Å²) in [5.41, 5.74) is 1.57. The Kier molecular flexibility index (Phi) is 2.60. The fourth-order valence-corrected chi connectivity index (χ4v) is 3.26. The van der Waals surface area contributed by atoms with Crippen LogP contribution in [0.15, 0.2) is 29.2 Å². The van der Waals surface area contributed by atoms with Crippen LogP contribution in [0.2, 0.25) is 0 Å². The maximum absolute atomic E-state index is 9.66. The molecule has 1 aliphatic carbocycles. The molecule has 0 aromatic heterocycles. The highest BCUT2D eigenvalue weighted by atomic mass is 32.2. The minimum Gasteiger partial charge on any atom is -0.395 e. The monoisotopic (exact) mass is 222 g/mol. The molecule has 0 amide bonds. The molecule has 1 fully saturated rings. The fourth-order valence-electron chi connectivity index (χ4n) is 2.57. The molecular formula is C13H18OS. The molecule has 1 nitrogen and oxygen atoms in total. The number of hydrogen-bond donors (Lipinski definition) is 1. The Hall–Kier alpha value is -0.470. The second kappa shape index (κ2) is 3.53. The van der Waals surface area contributed by atoms with Gasteiger partial charge >= 0.3 is 0 Å². The Bertz CT molecular complexity index is 373. The summed E-state index contributed by atoms with van der Waals surface area (Å²) < 4.78 is 0. The van der Waals surface area contributed by atoms with Gasteiger partial charge in [-0.1, -0.05) is 32.0 Å². The number of thioether (sulfide) groups is 1. The van der Waals surface area contributed by atoms with Gasteiger partial charge in [0.15, 0.2) is 0 Å². The summed E-state index contributed by atoms with van der Waals surface area (Å²) in [6.45, 7) is 4.73. The van der Waals surface area contributed by atoms with E-state index in [1.54, 1.807) is 11.8 Å². The highest BCUT2D eigenvalue weighted by Gasteiger charge is 2.62. The molecule has 2 rings (SSSR count). The van der Waals surface area contributed by atoms with Gasteiger partial charge in [0.1, 0.15) is 0 Å². The van der Waals surface area contributed by atoms with Gasteiger partial charge in [-0.05, 0) is 29.7 Å². The van der Waals surface area contributed by atoms with Crippen LogP contribution in [-0.2, 0) is 5.41 Å². The van der Waals surface area contributed by atoms with Crippen molar-refractivity contribution < 1.29 is 5.11 Å². The van der Waals surface area contributed by atoms with Crippen LogP contribution in [0.5, 0.6) is 0 Å². The predicted molar refractivity (Wildman–Crippen MR) is 65.4 cm³/mol. The number of aliphatic hydroxyl groups is 1. The first-order chi connectivity index (χ1) is 7.07. The number of benzene rings is 1. The second-order valence-corrected chi connectivity index (χ2v) is 5.85. The molecule has 2 heteroatoms. The summed E-state index contributed by atoms with van der Waals surface area (Å²) in [4.78, 5) is 1.30. The van der Waals surface area contributed by atoms with Crippen molar-refractivity contribution in [2.24, 2.45) is 5.41 Å². The van der Waals surface area contributed by atoms with Crippen LogP contribution < -0.4 is 0 Å². The molecule has 1 aliphatic rings. The van der Waals surface area contributed by atoms with Gasteiger partial charge in [0, 0.05) is 10.3 Å². The molecule has 1 N–H and O–H groups in total. The largest absolute Gasteiger partial charge is 0.395 e. The molecule has 1 aromatic carbocycles. The van der Waals surface area contributed by atoms with Gasteiger partial charge in [0.25, 0.3) is 0 Å². The molecule has 0 radical (unpaired) electrons. The topological polar surface area (TPSA) is 20.2 Å². The minimum atomic E-state index is 0.00655. The lowest BCUT2D eigenvalue weighted by atomic mass is 9.89. The van der Waals surface area contributed by atoms with E-state index in [2.05, 4.69) is 44.4 Å². The van der Waals surface area contributed by atoms with Gasteiger partial charge < -0.3 is 5.11 Å². The lowest BCUT2D eigenvalue weighted by Gasteiger charge is -2.21. The van der Waals surface area contributed by atoms with Gasteiger partial charge in [-0.2, -0.15) is 0 Å². The summed E-state index contributed by atoms with van der Waals surface area (Å²) in [5, 5.41) is 9.66. The van der Waals surface area contributed by atoms with Gasteiger partial charge in [-0.15, -0.1) is 11.8 Å². The van der Waals surface area contributed by atoms with E-state index < -0.39 is 0 Å². The summed E-state index contributed by atoms with van der Waals surface area (Å²) in [6.07, 6.45) is 3.19. The number of hydrogen-bond acceptors (Lipinski definition) is 2. The SMILES string of the molecule is CSc1ccccc1C1(CO)CC1(C)C. The smallest absolute Gasteiger partial charge is 0.0533 e. The molecule has 0 aliphatic heterocycles. The summed E-state index contributed by atoms with van der Waals surface area (Å²) in [6, 6.07) is 8.44. The van der Waals surface area contributed by atoms with Crippen molar-refractivity contribution in [2.75, 3.05) is 12.9 Å². The molecule has 82 valence electrons. The first-order valence-corrected chi connectivity index (χ1v) is 6.54. The van der Waals surface area contributed by atoms with Crippen LogP contribution in [0.25, 0.3) is 0 Å². The Morgan fingerprint density at radius 1 is 1.33 bits per heavy atom. The van der Waals surface area contributed by atoms with Crippen LogP contribution >= 0.6 is 11.8 Å². The zero-order valence-electron chi connectivity index (χ0n) is 9.58. The molecule has 15 heavy (non-hydrogen) atoms. The molecule has 0 saturated heterocycles. The normalized spacial score (nSPS) is 27.7. The van der Waals surface area contributed by atoms with Crippen molar-refractivity contribution in [1.29, 1.82) is 0 Å². The van der Waals surface area contributed by atoms with E-state index in [0.717, 1.165) is 6.42 Å².